The van der Waals surface area contributed by atoms with E-state index in [1.54, 1.807) is 11.1 Å². The first kappa shape index (κ1) is 33.4. The molecule has 6 rings (SSSR count). The minimum absolute atomic E-state index is 0.200. The number of nitrogens with zero attached hydrogens (tertiary/aromatic N) is 4. The van der Waals surface area contributed by atoms with Gasteiger partial charge in [0.2, 0.25) is 0 Å². The largest absolute Gasteiger partial charge is 0.444 e. The summed E-state index contributed by atoms with van der Waals surface area (Å²) in [5, 5.41) is 20.7. The third-order valence-corrected chi connectivity index (χ3v) is 8.65. The van der Waals surface area contributed by atoms with Gasteiger partial charge >= 0.3 is 12.2 Å². The third kappa shape index (κ3) is 7.47. The Kier molecular flexibility index (Phi) is 8.95. The molecule has 254 valence electrons. The molecule has 3 N–H and O–H groups in total. The topological polar surface area (TPSA) is 141 Å². The Balaban J connectivity index is 1.09. The second kappa shape index (κ2) is 12.9. The number of carbonyl (C=O) groups excluding carboxylic acids is 2. The number of hydrogen-bond acceptors (Lipinski definition) is 8. The molecule has 4 atom stereocenters. The van der Waals surface area contributed by atoms with E-state index in [1.165, 1.54) is 4.90 Å². The molecule has 2 aromatic carbocycles. The van der Waals surface area contributed by atoms with Crippen molar-refractivity contribution in [2.75, 3.05) is 13.1 Å². The average molecular weight is 656 g/mol. The van der Waals surface area contributed by atoms with Gasteiger partial charge in [-0.25, -0.2) is 14.6 Å². The van der Waals surface area contributed by atoms with E-state index in [2.05, 4.69) is 51.4 Å². The number of aromatic nitrogens is 2. The van der Waals surface area contributed by atoms with Crippen LogP contribution < -0.4 is 0 Å². The highest BCUT2D eigenvalue weighted by Crippen LogP contribution is 2.35. The molecule has 3 aliphatic rings. The number of ether oxygens (including phenoxy) is 2. The summed E-state index contributed by atoms with van der Waals surface area (Å²) in [6.45, 7) is 11.4. The summed E-state index contributed by atoms with van der Waals surface area (Å²) in [6.07, 6.45) is 2.91. The lowest BCUT2D eigenvalue weighted by Crippen LogP contribution is -2.43. The molecule has 11 heteroatoms. The van der Waals surface area contributed by atoms with E-state index in [0.717, 1.165) is 39.2 Å². The van der Waals surface area contributed by atoms with Crippen molar-refractivity contribution < 1.29 is 29.3 Å². The first-order chi connectivity index (χ1) is 22.6. The number of allylic oxidation sites excluding steroid dienone is 1. The second-order valence-electron chi connectivity index (χ2n) is 14.9. The summed E-state index contributed by atoms with van der Waals surface area (Å²) in [5.41, 5.74) is 5.63. The van der Waals surface area contributed by atoms with Crippen molar-refractivity contribution in [3.8, 4) is 22.4 Å². The van der Waals surface area contributed by atoms with Crippen LogP contribution in [0.3, 0.4) is 0 Å². The molecule has 0 aliphatic carbocycles. The highest BCUT2D eigenvalue weighted by atomic mass is 16.6. The molecule has 3 aromatic rings. The molecule has 11 nitrogen and oxygen atoms in total. The zero-order valence-corrected chi connectivity index (χ0v) is 28.4. The number of amides is 2. The first-order valence-corrected chi connectivity index (χ1v) is 16.5. The molecule has 2 amide bonds. The Morgan fingerprint density at radius 3 is 1.77 bits per heavy atom. The molecule has 0 saturated carbocycles. The zero-order chi connectivity index (χ0) is 34.4. The standard InChI is InChI=1S/C37H45N5O6/c1-36(2,3)47-34(45)41-20-27(43)16-31(41)29-15-26(18-38-29)24-9-7-22(8-10-24)23-11-13-25(14-12-23)30-19-39-33(40-30)32-17-28(44)21-42(32)35(46)48-37(4,5)6/h7-14,18-19,27-28,31-32,43-44H,15-17,20-21H2,1-6H3,(H,39,40)/t27-,28-,31-,32-/m0/s1. The Morgan fingerprint density at radius 2 is 1.23 bits per heavy atom. The minimum atomic E-state index is -0.642. The second-order valence-corrected chi connectivity index (χ2v) is 14.9. The lowest BCUT2D eigenvalue weighted by atomic mass is 9.96. The van der Waals surface area contributed by atoms with Crippen LogP contribution in [0, 0.1) is 0 Å². The molecular formula is C37H45N5O6. The van der Waals surface area contributed by atoms with E-state index in [1.807, 2.05) is 59.9 Å². The van der Waals surface area contributed by atoms with Crippen molar-refractivity contribution in [2.24, 2.45) is 4.99 Å². The summed E-state index contributed by atoms with van der Waals surface area (Å²) in [4.78, 5) is 41.3. The molecule has 3 aliphatic heterocycles. The van der Waals surface area contributed by atoms with E-state index in [-0.39, 0.29) is 19.1 Å². The number of β-amino-alcohol motifs (C(OH)–C–C–N with tert-alkyl or cyclic N) is 2. The van der Waals surface area contributed by atoms with Gasteiger partial charge in [-0.05, 0) is 69.4 Å². The molecule has 48 heavy (non-hydrogen) atoms. The molecule has 2 fully saturated rings. The van der Waals surface area contributed by atoms with Crippen molar-refractivity contribution in [3.63, 3.8) is 0 Å². The van der Waals surface area contributed by atoms with Crippen LogP contribution in [0.25, 0.3) is 28.0 Å². The van der Waals surface area contributed by atoms with Crippen LogP contribution in [0.4, 0.5) is 9.59 Å². The van der Waals surface area contributed by atoms with E-state index in [9.17, 15) is 19.8 Å². The lowest BCUT2D eigenvalue weighted by molar-refractivity contribution is 0.0199. The molecule has 0 spiro atoms. The maximum absolute atomic E-state index is 12.8. The van der Waals surface area contributed by atoms with Crippen LogP contribution >= 0.6 is 0 Å². The predicted molar refractivity (Wildman–Crippen MR) is 183 cm³/mol. The van der Waals surface area contributed by atoms with E-state index >= 15 is 0 Å². The van der Waals surface area contributed by atoms with Crippen molar-refractivity contribution >= 4 is 23.5 Å². The van der Waals surface area contributed by atoms with Gasteiger partial charge in [-0.2, -0.15) is 0 Å². The Bertz CT molecular complexity index is 1710. The number of benzene rings is 2. The van der Waals surface area contributed by atoms with E-state index in [4.69, 9.17) is 9.47 Å². The lowest BCUT2D eigenvalue weighted by Gasteiger charge is -2.28. The monoisotopic (exact) mass is 655 g/mol. The third-order valence-electron chi connectivity index (χ3n) is 8.65. The number of rotatable bonds is 5. The van der Waals surface area contributed by atoms with Gasteiger partial charge in [0.25, 0.3) is 0 Å². The van der Waals surface area contributed by atoms with Gasteiger partial charge in [0.15, 0.2) is 0 Å². The van der Waals surface area contributed by atoms with E-state index < -0.39 is 41.6 Å². The molecule has 0 unspecified atom stereocenters. The summed E-state index contributed by atoms with van der Waals surface area (Å²) in [7, 11) is 0. The highest BCUT2D eigenvalue weighted by molar-refractivity contribution is 6.03. The maximum atomic E-state index is 12.8. The quantitative estimate of drug-likeness (QED) is 0.291. The van der Waals surface area contributed by atoms with Crippen LogP contribution in [0.5, 0.6) is 0 Å². The number of aliphatic imine (C=N–C) groups is 1. The zero-order valence-electron chi connectivity index (χ0n) is 28.4. The first-order valence-electron chi connectivity index (χ1n) is 16.5. The molecule has 0 bridgehead atoms. The number of likely N-dealkylation sites (tertiary alicyclic amines) is 2. The van der Waals surface area contributed by atoms with Crippen molar-refractivity contribution in [1.29, 1.82) is 0 Å². The van der Waals surface area contributed by atoms with Gasteiger partial charge in [-0.3, -0.25) is 14.8 Å². The summed E-state index contributed by atoms with van der Waals surface area (Å²) in [5.74, 6) is 0.613. The van der Waals surface area contributed by atoms with Gasteiger partial charge in [0.1, 0.15) is 17.0 Å². The highest BCUT2D eigenvalue weighted by Gasteiger charge is 2.41. The fraction of sp³-hybridized carbons (Fsp3) is 0.459. The van der Waals surface area contributed by atoms with E-state index in [0.29, 0.717) is 25.1 Å². The number of imidazole rings is 1. The molecule has 0 radical (unpaired) electrons. The molecule has 4 heterocycles. The maximum Gasteiger partial charge on any atom is 0.411 e. The van der Waals surface area contributed by atoms with Crippen LogP contribution in [0.15, 0.2) is 65.9 Å². The number of hydrogen-bond donors (Lipinski definition) is 3. The molecule has 1 aromatic heterocycles. The Labute approximate surface area is 281 Å². The summed E-state index contributed by atoms with van der Waals surface area (Å²) in [6, 6.07) is 15.8. The predicted octanol–water partition coefficient (Wildman–Crippen LogP) is 6.34. The summed E-state index contributed by atoms with van der Waals surface area (Å²) >= 11 is 0. The van der Waals surface area contributed by atoms with Gasteiger partial charge in [-0.15, -0.1) is 0 Å². The average Bonchev–Trinajstić information content (AvgIpc) is 3.81. The van der Waals surface area contributed by atoms with Gasteiger partial charge < -0.3 is 24.7 Å². The number of aromatic amines is 1. The summed E-state index contributed by atoms with van der Waals surface area (Å²) < 4.78 is 11.1. The SMILES string of the molecule is CC(C)(C)OC(=O)N1C[C@@H](O)C[C@H]1C1=NC=C(c2ccc(-c3ccc(-c4cnc([C@@H]5C[C@H](O)CN5C(=O)OC(C)(C)C)[nH]4)cc3)cc2)C1. The Morgan fingerprint density at radius 1 is 0.750 bits per heavy atom. The van der Waals surface area contributed by atoms with Crippen molar-refractivity contribution in [3.05, 3.63) is 72.3 Å². The minimum Gasteiger partial charge on any atom is -0.444 e. The van der Waals surface area contributed by atoms with Crippen molar-refractivity contribution in [2.45, 2.75) is 96.3 Å². The van der Waals surface area contributed by atoms with Crippen LogP contribution in [0.2, 0.25) is 0 Å². The fourth-order valence-corrected chi connectivity index (χ4v) is 6.45. The van der Waals surface area contributed by atoms with Crippen LogP contribution in [-0.2, 0) is 9.47 Å². The van der Waals surface area contributed by atoms with Crippen LogP contribution in [-0.4, -0.2) is 90.4 Å². The smallest absolute Gasteiger partial charge is 0.411 e. The normalized spacial score (nSPS) is 22.9. The van der Waals surface area contributed by atoms with Crippen molar-refractivity contribution in [1.82, 2.24) is 19.8 Å². The molecular weight excluding hydrogens is 610 g/mol. The number of carbonyl (C=O) groups is 2. The number of aliphatic hydroxyl groups excluding tert-OH is 2. The van der Waals surface area contributed by atoms with Gasteiger partial charge in [0.05, 0.1) is 49.3 Å². The Hall–Kier alpha value is -4.48. The van der Waals surface area contributed by atoms with Gasteiger partial charge in [0, 0.05) is 31.2 Å². The van der Waals surface area contributed by atoms with Gasteiger partial charge in [-0.1, -0.05) is 48.5 Å². The van der Waals surface area contributed by atoms with Crippen LogP contribution in [0.1, 0.15) is 78.2 Å². The number of H-pyrrole nitrogens is 1. The number of nitrogens with one attached hydrogen (secondary N) is 1. The number of aliphatic hydroxyl groups is 2. The fourth-order valence-electron chi connectivity index (χ4n) is 6.45. The molecule has 2 saturated heterocycles.